The van der Waals surface area contributed by atoms with Gasteiger partial charge in [0.25, 0.3) is 5.91 Å². The standard InChI is InChI=1S/C28H30N6O3/c1-16-14-34(15-23(33-29)26(16)35)24-9-10-30-13-22(24)31-27(36)21-8-7-18-11-25(37-28(18)32-21)20-12-19(20)17-5-3-2-4-6-17/h2-11,13,16,19-20,23,26,33,35H,12,14-15,29H2,1H3,(H,31,36)/t16-,19-,20+,23+,26+/m0/s1. The third-order valence-corrected chi connectivity index (χ3v) is 7.54. The Bertz CT molecular complexity index is 1420. The number of carbonyl (C=O) groups is 1. The molecule has 2 aliphatic rings. The predicted molar refractivity (Wildman–Crippen MR) is 141 cm³/mol. The first-order valence-corrected chi connectivity index (χ1v) is 12.6. The van der Waals surface area contributed by atoms with Crippen LogP contribution in [0.15, 0.2) is 71.4 Å². The zero-order chi connectivity index (χ0) is 25.5. The molecule has 9 nitrogen and oxygen atoms in total. The molecule has 0 bridgehead atoms. The van der Waals surface area contributed by atoms with Gasteiger partial charge in [-0.05, 0) is 42.2 Å². The van der Waals surface area contributed by atoms with E-state index in [9.17, 15) is 9.90 Å². The molecule has 1 amide bonds. The number of pyridine rings is 2. The normalized spacial score (nSPS) is 25.3. The summed E-state index contributed by atoms with van der Waals surface area (Å²) >= 11 is 0. The van der Waals surface area contributed by atoms with Gasteiger partial charge in [0.05, 0.1) is 29.7 Å². The Morgan fingerprint density at radius 1 is 1.14 bits per heavy atom. The molecule has 0 spiro atoms. The highest BCUT2D eigenvalue weighted by Crippen LogP contribution is 2.55. The molecule has 1 saturated heterocycles. The summed E-state index contributed by atoms with van der Waals surface area (Å²) in [7, 11) is 0. The minimum Gasteiger partial charge on any atom is -0.442 e. The van der Waals surface area contributed by atoms with Crippen LogP contribution in [0, 0.1) is 5.92 Å². The number of hydrogen-bond acceptors (Lipinski definition) is 8. The number of benzene rings is 1. The Morgan fingerprint density at radius 3 is 2.78 bits per heavy atom. The highest BCUT2D eigenvalue weighted by Gasteiger charge is 2.42. The Balaban J connectivity index is 1.20. The highest BCUT2D eigenvalue weighted by atomic mass is 16.3. The maximum absolute atomic E-state index is 13.2. The van der Waals surface area contributed by atoms with Crippen LogP contribution in [0.5, 0.6) is 0 Å². The van der Waals surface area contributed by atoms with Crippen molar-refractivity contribution < 1.29 is 14.3 Å². The fourth-order valence-electron chi connectivity index (χ4n) is 5.39. The molecule has 4 aromatic rings. The van der Waals surface area contributed by atoms with E-state index in [0.717, 1.165) is 23.3 Å². The first-order chi connectivity index (χ1) is 18.0. The Labute approximate surface area is 214 Å². The van der Waals surface area contributed by atoms with E-state index in [4.69, 9.17) is 10.3 Å². The van der Waals surface area contributed by atoms with E-state index in [1.165, 1.54) is 5.56 Å². The van der Waals surface area contributed by atoms with E-state index < -0.39 is 6.10 Å². The van der Waals surface area contributed by atoms with Crippen molar-refractivity contribution >= 4 is 28.4 Å². The van der Waals surface area contributed by atoms with Crippen LogP contribution >= 0.6 is 0 Å². The molecule has 9 heteroatoms. The SMILES string of the molecule is C[C@H]1CN(c2ccncc2NC(=O)c2ccc3cc([C@@H]4C[C@H]4c4ccccc4)oc3n2)C[C@@H](NN)[C@@H]1O. The second-order valence-electron chi connectivity index (χ2n) is 10.1. The smallest absolute Gasteiger partial charge is 0.274 e. The minimum absolute atomic E-state index is 0.00306. The summed E-state index contributed by atoms with van der Waals surface area (Å²) < 4.78 is 6.10. The van der Waals surface area contributed by atoms with Gasteiger partial charge in [0, 0.05) is 36.5 Å². The number of carbonyl (C=O) groups excluding carboxylic acids is 1. The van der Waals surface area contributed by atoms with Crippen molar-refractivity contribution in [1.29, 1.82) is 0 Å². The Hall–Kier alpha value is -3.79. The summed E-state index contributed by atoms with van der Waals surface area (Å²) in [5.74, 6) is 7.02. The van der Waals surface area contributed by atoms with Crippen LogP contribution in [-0.4, -0.2) is 46.2 Å². The van der Waals surface area contributed by atoms with Crippen LogP contribution in [-0.2, 0) is 0 Å². The molecule has 1 aliphatic carbocycles. The summed E-state index contributed by atoms with van der Waals surface area (Å²) in [5, 5.41) is 14.2. The summed E-state index contributed by atoms with van der Waals surface area (Å²) in [4.78, 5) is 24.0. The molecule has 0 unspecified atom stereocenters. The molecule has 5 atom stereocenters. The third kappa shape index (κ3) is 4.57. The lowest BCUT2D eigenvalue weighted by Crippen LogP contribution is -2.59. The molecule has 1 saturated carbocycles. The maximum atomic E-state index is 13.2. The van der Waals surface area contributed by atoms with Crippen molar-refractivity contribution in [3.05, 3.63) is 84.0 Å². The number of amides is 1. The van der Waals surface area contributed by atoms with Gasteiger partial charge >= 0.3 is 0 Å². The number of furan rings is 1. The van der Waals surface area contributed by atoms with E-state index >= 15 is 0 Å². The lowest BCUT2D eigenvalue weighted by atomic mass is 9.92. The van der Waals surface area contributed by atoms with Crippen molar-refractivity contribution in [3.63, 3.8) is 0 Å². The lowest BCUT2D eigenvalue weighted by Gasteiger charge is -2.41. The number of nitrogens with two attached hydrogens (primary N) is 1. The number of hydrogen-bond donors (Lipinski definition) is 4. The molecule has 6 rings (SSSR count). The number of aliphatic hydroxyl groups is 1. The molecular formula is C28H30N6O3. The van der Waals surface area contributed by atoms with E-state index in [2.05, 4.69) is 49.9 Å². The number of nitrogens with one attached hydrogen (secondary N) is 2. The molecule has 37 heavy (non-hydrogen) atoms. The number of aliphatic hydroxyl groups excluding tert-OH is 1. The number of piperidine rings is 1. The summed E-state index contributed by atoms with van der Waals surface area (Å²) in [6.45, 7) is 3.09. The first-order valence-electron chi connectivity index (χ1n) is 12.6. The average Bonchev–Trinajstić information content (AvgIpc) is 3.62. The fourth-order valence-corrected chi connectivity index (χ4v) is 5.39. The van der Waals surface area contributed by atoms with Gasteiger partial charge in [0.2, 0.25) is 5.71 Å². The third-order valence-electron chi connectivity index (χ3n) is 7.54. The highest BCUT2D eigenvalue weighted by molar-refractivity contribution is 6.05. The molecule has 0 radical (unpaired) electrons. The van der Waals surface area contributed by atoms with Crippen LogP contribution in [0.4, 0.5) is 11.4 Å². The number of anilines is 2. The van der Waals surface area contributed by atoms with Gasteiger partial charge in [0.15, 0.2) is 0 Å². The Morgan fingerprint density at radius 2 is 1.97 bits per heavy atom. The van der Waals surface area contributed by atoms with Crippen molar-refractivity contribution in [3.8, 4) is 0 Å². The van der Waals surface area contributed by atoms with Crippen LogP contribution in [0.2, 0.25) is 0 Å². The molecular weight excluding hydrogens is 468 g/mol. The van der Waals surface area contributed by atoms with Gasteiger partial charge in [-0.25, -0.2) is 4.98 Å². The van der Waals surface area contributed by atoms with Crippen molar-refractivity contribution in [2.75, 3.05) is 23.3 Å². The van der Waals surface area contributed by atoms with Gasteiger partial charge in [-0.2, -0.15) is 0 Å². The van der Waals surface area contributed by atoms with E-state index in [1.54, 1.807) is 18.5 Å². The second kappa shape index (κ2) is 9.59. The molecule has 5 N–H and O–H groups in total. The van der Waals surface area contributed by atoms with Gasteiger partial charge in [-0.1, -0.05) is 37.3 Å². The maximum Gasteiger partial charge on any atom is 0.274 e. The molecule has 1 aromatic carbocycles. The number of aromatic nitrogens is 2. The largest absolute Gasteiger partial charge is 0.442 e. The Kier molecular flexibility index (Phi) is 6.11. The van der Waals surface area contributed by atoms with Gasteiger partial charge < -0.3 is 19.7 Å². The lowest BCUT2D eigenvalue weighted by molar-refractivity contribution is 0.0643. The second-order valence-corrected chi connectivity index (χ2v) is 10.1. The summed E-state index contributed by atoms with van der Waals surface area (Å²) in [5.41, 5.74) is 6.12. The van der Waals surface area contributed by atoms with Crippen LogP contribution in [0.25, 0.3) is 11.1 Å². The predicted octanol–water partition coefficient (Wildman–Crippen LogP) is 3.40. The first kappa shape index (κ1) is 23.6. The van der Waals surface area contributed by atoms with Crippen LogP contribution in [0.3, 0.4) is 0 Å². The van der Waals surface area contributed by atoms with E-state index in [-0.39, 0.29) is 23.6 Å². The fraction of sp³-hybridized carbons (Fsp3) is 0.321. The molecule has 2 fully saturated rings. The van der Waals surface area contributed by atoms with Crippen molar-refractivity contribution in [2.24, 2.45) is 11.8 Å². The van der Waals surface area contributed by atoms with E-state index in [1.807, 2.05) is 31.2 Å². The van der Waals surface area contributed by atoms with Crippen molar-refractivity contribution in [1.82, 2.24) is 15.4 Å². The minimum atomic E-state index is -0.547. The van der Waals surface area contributed by atoms with Crippen LogP contribution < -0.4 is 21.5 Å². The summed E-state index contributed by atoms with van der Waals surface area (Å²) in [6.07, 6.45) is 3.80. The molecule has 1 aliphatic heterocycles. The summed E-state index contributed by atoms with van der Waals surface area (Å²) in [6, 6.07) is 17.6. The zero-order valence-corrected chi connectivity index (χ0v) is 20.5. The van der Waals surface area contributed by atoms with Crippen LogP contribution in [0.1, 0.15) is 47.0 Å². The van der Waals surface area contributed by atoms with Gasteiger partial charge in [0.1, 0.15) is 11.5 Å². The van der Waals surface area contributed by atoms with Crippen molar-refractivity contribution in [2.45, 2.75) is 37.3 Å². The van der Waals surface area contributed by atoms with Gasteiger partial charge in [-0.15, -0.1) is 0 Å². The van der Waals surface area contributed by atoms with Gasteiger partial charge in [-0.3, -0.25) is 21.0 Å². The topological polar surface area (TPSA) is 130 Å². The number of fused-ring (bicyclic) bond motifs is 1. The monoisotopic (exact) mass is 498 g/mol. The average molecular weight is 499 g/mol. The molecule has 4 heterocycles. The molecule has 3 aromatic heterocycles. The molecule has 190 valence electrons. The number of rotatable bonds is 6. The number of nitrogens with zero attached hydrogens (tertiary/aromatic N) is 3. The quantitative estimate of drug-likeness (QED) is 0.235. The zero-order valence-electron chi connectivity index (χ0n) is 20.5. The number of hydrazine groups is 1. The van der Waals surface area contributed by atoms with E-state index in [0.29, 0.717) is 36.3 Å².